The van der Waals surface area contributed by atoms with Crippen LogP contribution >= 0.6 is 15.9 Å². The highest BCUT2D eigenvalue weighted by molar-refractivity contribution is 9.10. The molecule has 0 aliphatic rings. The van der Waals surface area contributed by atoms with Crippen molar-refractivity contribution < 1.29 is 9.53 Å². The SMILES string of the molecule is CCCOc1ccc(C(=O)Nc2ccc(C#N)cc2)cc1Br. The van der Waals surface area contributed by atoms with Gasteiger partial charge in [0.15, 0.2) is 0 Å². The Morgan fingerprint density at radius 1 is 1.27 bits per heavy atom. The van der Waals surface area contributed by atoms with Gasteiger partial charge in [0.25, 0.3) is 5.91 Å². The topological polar surface area (TPSA) is 62.1 Å². The highest BCUT2D eigenvalue weighted by Crippen LogP contribution is 2.26. The van der Waals surface area contributed by atoms with Crippen LogP contribution in [-0.4, -0.2) is 12.5 Å². The van der Waals surface area contributed by atoms with Gasteiger partial charge in [0, 0.05) is 11.3 Å². The molecule has 0 unspecified atom stereocenters. The molecular weight excluding hydrogens is 344 g/mol. The Morgan fingerprint density at radius 3 is 2.59 bits per heavy atom. The predicted molar refractivity (Wildman–Crippen MR) is 89.0 cm³/mol. The van der Waals surface area contributed by atoms with Gasteiger partial charge in [-0.2, -0.15) is 5.26 Å². The normalized spacial score (nSPS) is 9.86. The summed E-state index contributed by atoms with van der Waals surface area (Å²) >= 11 is 3.41. The number of benzene rings is 2. The fourth-order valence-electron chi connectivity index (χ4n) is 1.80. The van der Waals surface area contributed by atoms with Gasteiger partial charge in [-0.3, -0.25) is 4.79 Å². The molecule has 1 amide bonds. The number of carbonyl (C=O) groups excluding carboxylic acids is 1. The van der Waals surface area contributed by atoms with Crippen LogP contribution in [-0.2, 0) is 0 Å². The zero-order valence-electron chi connectivity index (χ0n) is 12.1. The molecule has 0 saturated carbocycles. The molecule has 5 heteroatoms. The molecule has 0 heterocycles. The minimum Gasteiger partial charge on any atom is -0.492 e. The Hall–Kier alpha value is -2.32. The number of halogens is 1. The van der Waals surface area contributed by atoms with Gasteiger partial charge in [-0.1, -0.05) is 6.92 Å². The van der Waals surface area contributed by atoms with Crippen LogP contribution in [0.3, 0.4) is 0 Å². The van der Waals surface area contributed by atoms with E-state index >= 15 is 0 Å². The van der Waals surface area contributed by atoms with Gasteiger partial charge >= 0.3 is 0 Å². The molecule has 22 heavy (non-hydrogen) atoms. The molecule has 2 aromatic rings. The predicted octanol–water partition coefficient (Wildman–Crippen LogP) is 4.36. The smallest absolute Gasteiger partial charge is 0.255 e. The van der Waals surface area contributed by atoms with Gasteiger partial charge in [-0.05, 0) is 64.8 Å². The maximum Gasteiger partial charge on any atom is 0.255 e. The Balaban J connectivity index is 2.08. The lowest BCUT2D eigenvalue weighted by Gasteiger charge is -2.09. The van der Waals surface area contributed by atoms with E-state index in [0.29, 0.717) is 23.4 Å². The number of rotatable bonds is 5. The number of carbonyl (C=O) groups is 1. The molecule has 4 nitrogen and oxygen atoms in total. The molecule has 0 saturated heterocycles. The van der Waals surface area contributed by atoms with Gasteiger partial charge < -0.3 is 10.1 Å². The monoisotopic (exact) mass is 358 g/mol. The minimum atomic E-state index is -0.215. The lowest BCUT2D eigenvalue weighted by atomic mass is 10.2. The zero-order chi connectivity index (χ0) is 15.9. The van der Waals surface area contributed by atoms with Crippen molar-refractivity contribution in [2.45, 2.75) is 13.3 Å². The fourth-order valence-corrected chi connectivity index (χ4v) is 2.30. The van der Waals surface area contributed by atoms with E-state index in [1.165, 1.54) is 0 Å². The largest absolute Gasteiger partial charge is 0.492 e. The molecule has 0 spiro atoms. The Kier molecular flexibility index (Phi) is 5.56. The summed E-state index contributed by atoms with van der Waals surface area (Å²) in [5.74, 6) is 0.504. The minimum absolute atomic E-state index is 0.215. The zero-order valence-corrected chi connectivity index (χ0v) is 13.7. The van der Waals surface area contributed by atoms with E-state index in [-0.39, 0.29) is 5.91 Å². The van der Waals surface area contributed by atoms with Gasteiger partial charge in [0.2, 0.25) is 0 Å². The third kappa shape index (κ3) is 4.09. The second-order valence-corrected chi connectivity index (χ2v) is 5.49. The van der Waals surface area contributed by atoms with Crippen LogP contribution in [0.5, 0.6) is 5.75 Å². The first-order valence-corrected chi connectivity index (χ1v) is 7.67. The van der Waals surface area contributed by atoms with Crippen LogP contribution in [0.4, 0.5) is 5.69 Å². The van der Waals surface area contributed by atoms with Crippen molar-refractivity contribution in [1.29, 1.82) is 5.26 Å². The number of hydrogen-bond acceptors (Lipinski definition) is 3. The molecule has 0 aliphatic heterocycles. The van der Waals surface area contributed by atoms with Crippen molar-refractivity contribution in [1.82, 2.24) is 0 Å². The summed E-state index contributed by atoms with van der Waals surface area (Å²) < 4.78 is 6.30. The molecule has 2 aromatic carbocycles. The molecular formula is C17H15BrN2O2. The van der Waals surface area contributed by atoms with Crippen LogP contribution in [0.2, 0.25) is 0 Å². The second-order valence-electron chi connectivity index (χ2n) is 4.64. The van der Waals surface area contributed by atoms with Crippen molar-refractivity contribution in [3.8, 4) is 11.8 Å². The molecule has 0 aliphatic carbocycles. The Morgan fingerprint density at radius 2 is 2.00 bits per heavy atom. The van der Waals surface area contributed by atoms with Gasteiger partial charge in [-0.25, -0.2) is 0 Å². The van der Waals surface area contributed by atoms with Crippen LogP contribution in [0.25, 0.3) is 0 Å². The number of hydrogen-bond donors (Lipinski definition) is 1. The first kappa shape index (κ1) is 16.1. The maximum absolute atomic E-state index is 12.2. The third-order valence-electron chi connectivity index (χ3n) is 2.93. The standard InChI is InChI=1S/C17H15BrN2O2/c1-2-9-22-16-8-5-13(10-15(16)18)17(21)20-14-6-3-12(11-19)4-7-14/h3-8,10H,2,9H2,1H3,(H,20,21). The number of ether oxygens (including phenoxy) is 1. The summed E-state index contributed by atoms with van der Waals surface area (Å²) in [4.78, 5) is 12.2. The summed E-state index contributed by atoms with van der Waals surface area (Å²) in [5, 5.41) is 11.5. The van der Waals surface area contributed by atoms with Crippen LogP contribution in [0.1, 0.15) is 29.3 Å². The van der Waals surface area contributed by atoms with Crippen LogP contribution < -0.4 is 10.1 Å². The van der Waals surface area contributed by atoms with Crippen molar-refractivity contribution in [3.05, 3.63) is 58.1 Å². The molecule has 0 atom stereocenters. The van der Waals surface area contributed by atoms with E-state index in [4.69, 9.17) is 10.00 Å². The summed E-state index contributed by atoms with van der Waals surface area (Å²) in [6, 6.07) is 14.0. The molecule has 2 rings (SSSR count). The number of nitriles is 1. The number of anilines is 1. The van der Waals surface area contributed by atoms with Gasteiger partial charge in [-0.15, -0.1) is 0 Å². The highest BCUT2D eigenvalue weighted by Gasteiger charge is 2.09. The fraction of sp³-hybridized carbons (Fsp3) is 0.176. The molecule has 0 fully saturated rings. The van der Waals surface area contributed by atoms with E-state index in [1.54, 1.807) is 42.5 Å². The first-order valence-electron chi connectivity index (χ1n) is 6.88. The summed E-state index contributed by atoms with van der Waals surface area (Å²) in [6.45, 7) is 2.67. The quantitative estimate of drug-likeness (QED) is 0.863. The van der Waals surface area contributed by atoms with Gasteiger partial charge in [0.05, 0.1) is 22.7 Å². The molecule has 112 valence electrons. The van der Waals surface area contributed by atoms with Crippen molar-refractivity contribution >= 4 is 27.5 Å². The van der Waals surface area contributed by atoms with E-state index in [0.717, 1.165) is 16.6 Å². The summed E-state index contributed by atoms with van der Waals surface area (Å²) in [5.41, 5.74) is 1.73. The molecule has 0 radical (unpaired) electrons. The van der Waals surface area contributed by atoms with E-state index in [2.05, 4.69) is 21.2 Å². The van der Waals surface area contributed by atoms with E-state index < -0.39 is 0 Å². The molecule has 0 bridgehead atoms. The van der Waals surface area contributed by atoms with Crippen LogP contribution in [0, 0.1) is 11.3 Å². The Bertz CT molecular complexity index is 706. The summed E-state index contributed by atoms with van der Waals surface area (Å²) in [7, 11) is 0. The number of amides is 1. The molecule has 1 N–H and O–H groups in total. The average Bonchev–Trinajstić information content (AvgIpc) is 2.54. The van der Waals surface area contributed by atoms with Crippen LogP contribution in [0.15, 0.2) is 46.9 Å². The average molecular weight is 359 g/mol. The summed E-state index contributed by atoms with van der Waals surface area (Å²) in [6.07, 6.45) is 0.924. The lowest BCUT2D eigenvalue weighted by molar-refractivity contribution is 0.102. The third-order valence-corrected chi connectivity index (χ3v) is 3.55. The maximum atomic E-state index is 12.2. The van der Waals surface area contributed by atoms with Crippen molar-refractivity contribution in [3.63, 3.8) is 0 Å². The number of nitrogens with zero attached hydrogens (tertiary/aromatic N) is 1. The lowest BCUT2D eigenvalue weighted by Crippen LogP contribution is -2.12. The molecule has 0 aromatic heterocycles. The van der Waals surface area contributed by atoms with E-state index in [9.17, 15) is 4.79 Å². The number of nitrogens with one attached hydrogen (secondary N) is 1. The van der Waals surface area contributed by atoms with E-state index in [1.807, 2.05) is 13.0 Å². The van der Waals surface area contributed by atoms with Crippen molar-refractivity contribution in [2.24, 2.45) is 0 Å². The first-order chi connectivity index (χ1) is 10.6. The second kappa shape index (κ2) is 7.62. The van der Waals surface area contributed by atoms with Gasteiger partial charge in [0.1, 0.15) is 5.75 Å². The highest BCUT2D eigenvalue weighted by atomic mass is 79.9. The van der Waals surface area contributed by atoms with Crippen molar-refractivity contribution in [2.75, 3.05) is 11.9 Å². The Labute approximate surface area is 137 Å².